The van der Waals surface area contributed by atoms with E-state index in [4.69, 9.17) is 0 Å². The number of hydrogen-bond acceptors (Lipinski definition) is 4. The zero-order chi connectivity index (χ0) is 14.3. The van der Waals surface area contributed by atoms with E-state index in [0.29, 0.717) is 13.1 Å². The molecule has 0 fully saturated rings. The molecule has 1 rings (SSSR count). The molecule has 1 aromatic rings. The summed E-state index contributed by atoms with van der Waals surface area (Å²) in [4.78, 5) is 19.8. The first-order chi connectivity index (χ1) is 9.06. The van der Waals surface area contributed by atoms with Crippen LogP contribution in [0.4, 0.5) is 5.69 Å². The van der Waals surface area contributed by atoms with Crippen molar-refractivity contribution in [2.45, 2.75) is 20.4 Å². The molecular formula is C14H24N4O. The summed E-state index contributed by atoms with van der Waals surface area (Å²) in [5, 5.41) is 3.26. The van der Waals surface area contributed by atoms with E-state index in [-0.39, 0.29) is 5.91 Å². The number of anilines is 1. The second-order valence-corrected chi connectivity index (χ2v) is 4.66. The Morgan fingerprint density at radius 3 is 2.68 bits per heavy atom. The lowest BCUT2D eigenvalue weighted by molar-refractivity contribution is -0.130. The Hall–Kier alpha value is -1.62. The van der Waals surface area contributed by atoms with Crippen LogP contribution in [0, 0.1) is 0 Å². The van der Waals surface area contributed by atoms with Crippen LogP contribution < -0.4 is 5.32 Å². The highest BCUT2D eigenvalue weighted by atomic mass is 16.2. The minimum Gasteiger partial charge on any atom is -0.385 e. The van der Waals surface area contributed by atoms with Crippen molar-refractivity contribution in [3.05, 3.63) is 24.0 Å². The molecule has 0 aromatic carbocycles. The molecule has 0 bridgehead atoms. The third kappa shape index (κ3) is 5.26. The molecule has 1 N–H and O–H groups in total. The van der Waals surface area contributed by atoms with Gasteiger partial charge in [-0.25, -0.2) is 0 Å². The number of nitrogens with zero attached hydrogens (tertiary/aromatic N) is 3. The first-order valence-corrected chi connectivity index (χ1v) is 6.68. The zero-order valence-electron chi connectivity index (χ0n) is 12.3. The van der Waals surface area contributed by atoms with Gasteiger partial charge in [0.05, 0.1) is 12.2 Å². The summed E-state index contributed by atoms with van der Waals surface area (Å²) in [5.74, 6) is 0.115. The van der Waals surface area contributed by atoms with Crippen molar-refractivity contribution in [2.75, 3.05) is 39.0 Å². The molecule has 0 saturated carbocycles. The average molecular weight is 264 g/mol. The summed E-state index contributed by atoms with van der Waals surface area (Å²) in [6.07, 6.45) is 1.80. The number of aromatic nitrogens is 1. The van der Waals surface area contributed by atoms with Crippen LogP contribution in [-0.4, -0.2) is 54.4 Å². The second-order valence-electron chi connectivity index (χ2n) is 4.66. The predicted octanol–water partition coefficient (Wildman–Crippen LogP) is 1.42. The Morgan fingerprint density at radius 1 is 1.37 bits per heavy atom. The number of amides is 1. The standard InChI is InChI=1S/C14H24N4O/c1-5-15-12-7-8-16-13(9-12)10-18(6-2)11-14(19)17(3)4/h7-9H,5-6,10-11H2,1-4H3,(H,15,16). The van der Waals surface area contributed by atoms with Crippen molar-refractivity contribution < 1.29 is 4.79 Å². The van der Waals surface area contributed by atoms with Crippen molar-refractivity contribution in [3.63, 3.8) is 0 Å². The quantitative estimate of drug-likeness (QED) is 0.809. The van der Waals surface area contributed by atoms with Gasteiger partial charge >= 0.3 is 0 Å². The van der Waals surface area contributed by atoms with Gasteiger partial charge < -0.3 is 10.2 Å². The Kier molecular flexibility index (Phi) is 6.29. The summed E-state index contributed by atoms with van der Waals surface area (Å²) in [6, 6.07) is 3.99. The average Bonchev–Trinajstić information content (AvgIpc) is 2.38. The van der Waals surface area contributed by atoms with Gasteiger partial charge in [-0.3, -0.25) is 14.7 Å². The highest BCUT2D eigenvalue weighted by Crippen LogP contribution is 2.09. The number of carbonyl (C=O) groups is 1. The molecule has 0 spiro atoms. The van der Waals surface area contributed by atoms with Gasteiger partial charge in [-0.1, -0.05) is 6.92 Å². The molecule has 106 valence electrons. The van der Waals surface area contributed by atoms with E-state index < -0.39 is 0 Å². The second kappa shape index (κ2) is 7.74. The maximum absolute atomic E-state index is 11.7. The molecule has 5 heteroatoms. The fourth-order valence-electron chi connectivity index (χ4n) is 1.72. The van der Waals surface area contributed by atoms with Crippen LogP contribution in [0.1, 0.15) is 19.5 Å². The fraction of sp³-hybridized carbons (Fsp3) is 0.571. The summed E-state index contributed by atoms with van der Waals surface area (Å²) in [5.41, 5.74) is 2.05. The number of likely N-dealkylation sites (N-methyl/N-ethyl adjacent to an activating group) is 2. The first-order valence-electron chi connectivity index (χ1n) is 6.68. The van der Waals surface area contributed by atoms with E-state index in [0.717, 1.165) is 24.5 Å². The van der Waals surface area contributed by atoms with E-state index >= 15 is 0 Å². The number of rotatable bonds is 7. The van der Waals surface area contributed by atoms with Crippen molar-refractivity contribution in [3.8, 4) is 0 Å². The SMILES string of the molecule is CCNc1ccnc(CN(CC)CC(=O)N(C)C)c1. The van der Waals surface area contributed by atoms with Crippen molar-refractivity contribution in [2.24, 2.45) is 0 Å². The van der Waals surface area contributed by atoms with Crippen LogP contribution >= 0.6 is 0 Å². The first kappa shape index (κ1) is 15.4. The normalized spacial score (nSPS) is 10.6. The Morgan fingerprint density at radius 2 is 2.11 bits per heavy atom. The highest BCUT2D eigenvalue weighted by molar-refractivity contribution is 5.77. The molecule has 1 aromatic heterocycles. The molecule has 0 aliphatic rings. The van der Waals surface area contributed by atoms with Crippen molar-refractivity contribution in [1.29, 1.82) is 0 Å². The largest absolute Gasteiger partial charge is 0.385 e. The minimum absolute atomic E-state index is 0.115. The molecule has 5 nitrogen and oxygen atoms in total. The summed E-state index contributed by atoms with van der Waals surface area (Å²) in [7, 11) is 3.56. The van der Waals surface area contributed by atoms with Gasteiger partial charge in [-0.05, 0) is 25.6 Å². The topological polar surface area (TPSA) is 48.5 Å². The van der Waals surface area contributed by atoms with E-state index in [1.807, 2.05) is 12.1 Å². The van der Waals surface area contributed by atoms with Gasteiger partial charge in [0, 0.05) is 39.1 Å². The van der Waals surface area contributed by atoms with Crippen molar-refractivity contribution >= 4 is 11.6 Å². The lowest BCUT2D eigenvalue weighted by Crippen LogP contribution is -2.36. The molecule has 0 aliphatic carbocycles. The fourth-order valence-corrected chi connectivity index (χ4v) is 1.72. The van der Waals surface area contributed by atoms with E-state index in [2.05, 4.69) is 29.0 Å². The molecular weight excluding hydrogens is 240 g/mol. The van der Waals surface area contributed by atoms with Crippen LogP contribution in [0.2, 0.25) is 0 Å². The number of nitrogens with one attached hydrogen (secondary N) is 1. The lowest BCUT2D eigenvalue weighted by Gasteiger charge is -2.21. The maximum Gasteiger partial charge on any atom is 0.236 e. The van der Waals surface area contributed by atoms with E-state index in [1.165, 1.54) is 0 Å². The molecule has 0 unspecified atom stereocenters. The van der Waals surface area contributed by atoms with Gasteiger partial charge in [0.2, 0.25) is 5.91 Å². The molecule has 0 radical (unpaired) electrons. The van der Waals surface area contributed by atoms with Crippen LogP contribution in [0.25, 0.3) is 0 Å². The number of carbonyl (C=O) groups excluding carboxylic acids is 1. The van der Waals surface area contributed by atoms with Crippen LogP contribution in [0.5, 0.6) is 0 Å². The third-order valence-corrected chi connectivity index (χ3v) is 2.89. The third-order valence-electron chi connectivity index (χ3n) is 2.89. The van der Waals surface area contributed by atoms with Gasteiger partial charge in [-0.15, -0.1) is 0 Å². The monoisotopic (exact) mass is 264 g/mol. The lowest BCUT2D eigenvalue weighted by atomic mass is 10.3. The van der Waals surface area contributed by atoms with Gasteiger partial charge in [0.1, 0.15) is 0 Å². The highest BCUT2D eigenvalue weighted by Gasteiger charge is 2.11. The van der Waals surface area contributed by atoms with Gasteiger partial charge in [0.15, 0.2) is 0 Å². The van der Waals surface area contributed by atoms with E-state index in [9.17, 15) is 4.79 Å². The Labute approximate surface area is 115 Å². The van der Waals surface area contributed by atoms with Gasteiger partial charge in [-0.2, -0.15) is 0 Å². The predicted molar refractivity (Wildman–Crippen MR) is 78.0 cm³/mol. The Bertz CT molecular complexity index is 406. The summed E-state index contributed by atoms with van der Waals surface area (Å²) >= 11 is 0. The molecule has 1 heterocycles. The van der Waals surface area contributed by atoms with E-state index in [1.54, 1.807) is 25.2 Å². The molecule has 19 heavy (non-hydrogen) atoms. The van der Waals surface area contributed by atoms with Crippen LogP contribution in [0.3, 0.4) is 0 Å². The zero-order valence-corrected chi connectivity index (χ0v) is 12.3. The maximum atomic E-state index is 11.7. The molecule has 0 saturated heterocycles. The smallest absolute Gasteiger partial charge is 0.236 e. The molecule has 1 amide bonds. The number of pyridine rings is 1. The minimum atomic E-state index is 0.115. The molecule has 0 atom stereocenters. The van der Waals surface area contributed by atoms with Crippen molar-refractivity contribution in [1.82, 2.24) is 14.8 Å². The summed E-state index contributed by atoms with van der Waals surface area (Å²) in [6.45, 7) is 6.95. The van der Waals surface area contributed by atoms with Crippen LogP contribution in [-0.2, 0) is 11.3 Å². The van der Waals surface area contributed by atoms with Crippen LogP contribution in [0.15, 0.2) is 18.3 Å². The summed E-state index contributed by atoms with van der Waals surface area (Å²) < 4.78 is 0. The van der Waals surface area contributed by atoms with Gasteiger partial charge in [0.25, 0.3) is 0 Å². The number of hydrogen-bond donors (Lipinski definition) is 1. The molecule has 0 aliphatic heterocycles. The Balaban J connectivity index is 2.64.